The van der Waals surface area contributed by atoms with Crippen LogP contribution in [0.2, 0.25) is 0 Å². The number of methoxy groups -OCH3 is 2. The highest BCUT2D eigenvalue weighted by Crippen LogP contribution is 2.31. The molecule has 0 amide bonds. The normalized spacial score (nSPS) is 15.0. The summed E-state index contributed by atoms with van der Waals surface area (Å²) in [5, 5.41) is 4.81. The summed E-state index contributed by atoms with van der Waals surface area (Å²) in [6.45, 7) is 5.51. The number of hydrogen-bond donors (Lipinski definition) is 0. The van der Waals surface area contributed by atoms with E-state index in [0.717, 1.165) is 66.6 Å². The summed E-state index contributed by atoms with van der Waals surface area (Å²) in [7, 11) is 5.43. The number of aromatic nitrogens is 2. The zero-order chi connectivity index (χ0) is 22.5. The van der Waals surface area contributed by atoms with Crippen molar-refractivity contribution in [1.29, 1.82) is 0 Å². The molecule has 1 aromatic heterocycles. The summed E-state index contributed by atoms with van der Waals surface area (Å²) >= 11 is 0. The standard InChI is InChI=1S/C25H30N4O3/c1-27-12-14-28(15-13-27)16-17-29-24(30)18-23(19-4-8-21(31-2)9-5-19)25(26-29)20-6-10-22(32-3)11-7-20/h4-11,18H,12-17H2,1-3H3. The quantitative estimate of drug-likeness (QED) is 0.570. The molecule has 168 valence electrons. The van der Waals surface area contributed by atoms with Crippen LogP contribution in [0.3, 0.4) is 0 Å². The molecule has 3 aromatic rings. The van der Waals surface area contributed by atoms with E-state index in [4.69, 9.17) is 14.6 Å². The van der Waals surface area contributed by atoms with Crippen molar-refractivity contribution >= 4 is 0 Å². The van der Waals surface area contributed by atoms with Gasteiger partial charge in [0.25, 0.3) is 5.56 Å². The zero-order valence-electron chi connectivity index (χ0n) is 19.0. The minimum Gasteiger partial charge on any atom is -0.497 e. The average Bonchev–Trinajstić information content (AvgIpc) is 2.84. The van der Waals surface area contributed by atoms with Crippen molar-refractivity contribution in [2.45, 2.75) is 6.54 Å². The van der Waals surface area contributed by atoms with Gasteiger partial charge in [0.15, 0.2) is 0 Å². The molecule has 0 atom stereocenters. The molecule has 0 saturated carbocycles. The maximum Gasteiger partial charge on any atom is 0.267 e. The summed E-state index contributed by atoms with van der Waals surface area (Å²) in [4.78, 5) is 17.7. The van der Waals surface area contributed by atoms with E-state index in [-0.39, 0.29) is 5.56 Å². The third-order valence-electron chi connectivity index (χ3n) is 5.99. The van der Waals surface area contributed by atoms with E-state index in [1.165, 1.54) is 0 Å². The van der Waals surface area contributed by atoms with Gasteiger partial charge in [-0.3, -0.25) is 9.69 Å². The van der Waals surface area contributed by atoms with Crippen molar-refractivity contribution in [3.05, 3.63) is 65.0 Å². The molecule has 4 rings (SSSR count). The van der Waals surface area contributed by atoms with Gasteiger partial charge in [-0.1, -0.05) is 12.1 Å². The molecule has 7 nitrogen and oxygen atoms in total. The Labute approximate surface area is 188 Å². The third kappa shape index (κ3) is 5.00. The van der Waals surface area contributed by atoms with Crippen molar-refractivity contribution in [1.82, 2.24) is 19.6 Å². The molecule has 1 saturated heterocycles. The monoisotopic (exact) mass is 434 g/mol. The number of likely N-dealkylation sites (N-methyl/N-ethyl adjacent to an activating group) is 1. The fraction of sp³-hybridized carbons (Fsp3) is 0.360. The van der Waals surface area contributed by atoms with E-state index in [1.54, 1.807) is 25.0 Å². The van der Waals surface area contributed by atoms with Crippen molar-refractivity contribution < 1.29 is 9.47 Å². The molecule has 1 aliphatic heterocycles. The first-order chi connectivity index (χ1) is 15.6. The smallest absolute Gasteiger partial charge is 0.267 e. The molecule has 7 heteroatoms. The van der Waals surface area contributed by atoms with Crippen LogP contribution < -0.4 is 15.0 Å². The first kappa shape index (κ1) is 22.0. The number of benzene rings is 2. The second-order valence-corrected chi connectivity index (χ2v) is 8.07. The van der Waals surface area contributed by atoms with Crippen molar-refractivity contribution in [3.63, 3.8) is 0 Å². The summed E-state index contributed by atoms with van der Waals surface area (Å²) < 4.78 is 12.2. The van der Waals surface area contributed by atoms with Gasteiger partial charge in [0.05, 0.1) is 26.5 Å². The van der Waals surface area contributed by atoms with Gasteiger partial charge in [-0.15, -0.1) is 0 Å². The molecule has 0 unspecified atom stereocenters. The highest BCUT2D eigenvalue weighted by atomic mass is 16.5. The average molecular weight is 435 g/mol. The minimum atomic E-state index is -0.0952. The summed E-state index contributed by atoms with van der Waals surface area (Å²) in [6, 6.07) is 17.2. The van der Waals surface area contributed by atoms with Crippen LogP contribution in [0.15, 0.2) is 59.4 Å². The predicted octanol–water partition coefficient (Wildman–Crippen LogP) is 2.84. The fourth-order valence-electron chi connectivity index (χ4n) is 3.91. The van der Waals surface area contributed by atoms with E-state index in [9.17, 15) is 4.79 Å². The van der Waals surface area contributed by atoms with Gasteiger partial charge in [0, 0.05) is 49.9 Å². The van der Waals surface area contributed by atoms with Crippen molar-refractivity contribution in [2.24, 2.45) is 0 Å². The van der Waals surface area contributed by atoms with Crippen LogP contribution in [0, 0.1) is 0 Å². The minimum absolute atomic E-state index is 0.0952. The second kappa shape index (κ2) is 9.97. The predicted molar refractivity (Wildman–Crippen MR) is 126 cm³/mol. The summed E-state index contributed by atoms with van der Waals surface area (Å²) in [6.07, 6.45) is 0. The Morgan fingerprint density at radius 1 is 0.812 bits per heavy atom. The lowest BCUT2D eigenvalue weighted by molar-refractivity contribution is 0.148. The lowest BCUT2D eigenvalue weighted by Crippen LogP contribution is -2.46. The first-order valence-electron chi connectivity index (χ1n) is 10.9. The molecule has 0 bridgehead atoms. The third-order valence-corrected chi connectivity index (χ3v) is 5.99. The number of nitrogens with zero attached hydrogens (tertiary/aromatic N) is 4. The van der Waals surface area contributed by atoms with Gasteiger partial charge >= 0.3 is 0 Å². The SMILES string of the molecule is COc1ccc(-c2cc(=O)n(CCN3CCN(C)CC3)nc2-c2ccc(OC)cc2)cc1. The van der Waals surface area contributed by atoms with Crippen LogP contribution >= 0.6 is 0 Å². The van der Waals surface area contributed by atoms with E-state index in [0.29, 0.717) is 6.54 Å². The Morgan fingerprint density at radius 2 is 1.38 bits per heavy atom. The van der Waals surface area contributed by atoms with Gasteiger partial charge in [-0.2, -0.15) is 5.10 Å². The van der Waals surface area contributed by atoms with Gasteiger partial charge in [-0.25, -0.2) is 4.68 Å². The first-order valence-corrected chi connectivity index (χ1v) is 10.9. The van der Waals surface area contributed by atoms with Gasteiger partial charge < -0.3 is 14.4 Å². The van der Waals surface area contributed by atoms with E-state index in [2.05, 4.69) is 16.8 Å². The molecule has 0 radical (unpaired) electrons. The Bertz CT molecular complexity index is 1090. The molecular weight excluding hydrogens is 404 g/mol. The molecule has 0 spiro atoms. The lowest BCUT2D eigenvalue weighted by Gasteiger charge is -2.32. The Hall–Kier alpha value is -3.16. The number of ether oxygens (including phenoxy) is 2. The molecule has 2 heterocycles. The maximum absolute atomic E-state index is 13.0. The van der Waals surface area contributed by atoms with E-state index >= 15 is 0 Å². The maximum atomic E-state index is 13.0. The second-order valence-electron chi connectivity index (χ2n) is 8.07. The van der Waals surface area contributed by atoms with Gasteiger partial charge in [0.2, 0.25) is 0 Å². The summed E-state index contributed by atoms with van der Waals surface area (Å²) in [5.74, 6) is 1.55. The van der Waals surface area contributed by atoms with Crippen LogP contribution in [0.5, 0.6) is 11.5 Å². The topological polar surface area (TPSA) is 59.8 Å². The molecule has 32 heavy (non-hydrogen) atoms. The molecule has 1 aliphatic rings. The van der Waals surface area contributed by atoms with Gasteiger partial charge in [-0.05, 0) is 49.0 Å². The van der Waals surface area contributed by atoms with Crippen LogP contribution in [0.1, 0.15) is 0 Å². The fourth-order valence-corrected chi connectivity index (χ4v) is 3.91. The highest BCUT2D eigenvalue weighted by Gasteiger charge is 2.16. The molecule has 0 N–H and O–H groups in total. The zero-order valence-corrected chi connectivity index (χ0v) is 19.0. The Kier molecular flexibility index (Phi) is 6.87. The number of piperazine rings is 1. The van der Waals surface area contributed by atoms with E-state index < -0.39 is 0 Å². The van der Waals surface area contributed by atoms with Crippen LogP contribution in [0.25, 0.3) is 22.4 Å². The lowest BCUT2D eigenvalue weighted by atomic mass is 10.00. The molecule has 1 fully saturated rings. The Balaban J connectivity index is 1.68. The van der Waals surface area contributed by atoms with Crippen LogP contribution in [-0.2, 0) is 6.54 Å². The molecular formula is C25H30N4O3. The number of rotatable bonds is 7. The number of hydrogen-bond acceptors (Lipinski definition) is 6. The van der Waals surface area contributed by atoms with Crippen molar-refractivity contribution in [2.75, 3.05) is 54.0 Å². The van der Waals surface area contributed by atoms with Crippen LogP contribution in [-0.4, -0.2) is 73.6 Å². The molecule has 2 aromatic carbocycles. The van der Waals surface area contributed by atoms with Crippen LogP contribution in [0.4, 0.5) is 0 Å². The Morgan fingerprint density at radius 3 is 1.94 bits per heavy atom. The van der Waals surface area contributed by atoms with Crippen molar-refractivity contribution in [3.8, 4) is 33.9 Å². The summed E-state index contributed by atoms with van der Waals surface area (Å²) in [5.41, 5.74) is 3.34. The largest absolute Gasteiger partial charge is 0.497 e. The molecule has 0 aliphatic carbocycles. The van der Waals surface area contributed by atoms with Gasteiger partial charge in [0.1, 0.15) is 11.5 Å². The highest BCUT2D eigenvalue weighted by molar-refractivity contribution is 5.80. The van der Waals surface area contributed by atoms with E-state index in [1.807, 2.05) is 48.5 Å².